The first-order chi connectivity index (χ1) is 10.8. The summed E-state index contributed by atoms with van der Waals surface area (Å²) in [5.74, 6) is -0.0481. The zero-order valence-corrected chi connectivity index (χ0v) is 12.5. The van der Waals surface area contributed by atoms with Gasteiger partial charge in [-0.1, -0.05) is 37.2 Å². The van der Waals surface area contributed by atoms with Crippen molar-refractivity contribution in [2.75, 3.05) is 11.9 Å². The van der Waals surface area contributed by atoms with Crippen LogP contribution in [-0.4, -0.2) is 17.9 Å². The van der Waals surface area contributed by atoms with Crippen LogP contribution in [0.1, 0.15) is 19.4 Å². The van der Waals surface area contributed by atoms with Crippen molar-refractivity contribution in [2.24, 2.45) is 5.92 Å². The molecule has 0 spiro atoms. The predicted octanol–water partition coefficient (Wildman–Crippen LogP) is 4.56. The lowest BCUT2D eigenvalue weighted by molar-refractivity contribution is -0.137. The monoisotopic (exact) mass is 328 g/mol. The third-order valence-corrected chi connectivity index (χ3v) is 2.83. The highest BCUT2D eigenvalue weighted by atomic mass is 19.4. The fourth-order valence-corrected chi connectivity index (χ4v) is 1.84. The Morgan fingerprint density at radius 1 is 1.35 bits per heavy atom. The maximum Gasteiger partial charge on any atom is 0.417 e. The molecule has 0 aliphatic carbocycles. The molecule has 0 aliphatic rings. The summed E-state index contributed by atoms with van der Waals surface area (Å²) in [6, 6.07) is 4.88. The molecular formula is C15H15F3N2O3. The molecule has 1 N–H and O–H groups in total. The van der Waals surface area contributed by atoms with Crippen LogP contribution in [0.2, 0.25) is 0 Å². The van der Waals surface area contributed by atoms with Crippen LogP contribution in [0.4, 0.5) is 23.7 Å². The molecular weight excluding hydrogens is 313 g/mol. The highest BCUT2D eigenvalue weighted by molar-refractivity contribution is 5.89. The van der Waals surface area contributed by atoms with Crippen LogP contribution in [0.15, 0.2) is 35.0 Å². The molecule has 0 unspecified atom stereocenters. The fraction of sp³-hybridized carbons (Fsp3) is 0.333. The van der Waals surface area contributed by atoms with Crippen molar-refractivity contribution >= 4 is 11.8 Å². The summed E-state index contributed by atoms with van der Waals surface area (Å²) >= 11 is 0. The Morgan fingerprint density at radius 2 is 2.04 bits per heavy atom. The molecule has 0 saturated carbocycles. The van der Waals surface area contributed by atoms with E-state index in [4.69, 9.17) is 9.26 Å². The Labute approximate surface area is 130 Å². The van der Waals surface area contributed by atoms with Crippen LogP contribution in [0.5, 0.6) is 0 Å². The van der Waals surface area contributed by atoms with Gasteiger partial charge in [-0.25, -0.2) is 4.79 Å². The van der Waals surface area contributed by atoms with Gasteiger partial charge in [0.25, 0.3) is 0 Å². The first-order valence-electron chi connectivity index (χ1n) is 6.84. The lowest BCUT2D eigenvalue weighted by atomic mass is 10.0. The number of carbonyl (C=O) groups excluding carboxylic acids is 1. The molecule has 0 saturated heterocycles. The van der Waals surface area contributed by atoms with Gasteiger partial charge >= 0.3 is 12.3 Å². The molecule has 1 amide bonds. The number of alkyl halides is 3. The van der Waals surface area contributed by atoms with E-state index in [0.717, 1.165) is 12.3 Å². The van der Waals surface area contributed by atoms with Gasteiger partial charge in [-0.3, -0.25) is 5.32 Å². The molecule has 1 heterocycles. The van der Waals surface area contributed by atoms with Crippen molar-refractivity contribution in [1.29, 1.82) is 0 Å². The van der Waals surface area contributed by atoms with Gasteiger partial charge < -0.3 is 9.26 Å². The number of anilines is 1. The first-order valence-corrected chi connectivity index (χ1v) is 6.84. The van der Waals surface area contributed by atoms with E-state index in [1.54, 1.807) is 0 Å². The molecule has 2 aromatic rings. The molecule has 5 nitrogen and oxygen atoms in total. The summed E-state index contributed by atoms with van der Waals surface area (Å²) in [4.78, 5) is 11.7. The minimum Gasteiger partial charge on any atom is -0.449 e. The van der Waals surface area contributed by atoms with Crippen LogP contribution in [-0.2, 0) is 10.9 Å². The summed E-state index contributed by atoms with van der Waals surface area (Å²) in [6.07, 6.45) is -4.22. The number of nitrogens with one attached hydrogen (secondary N) is 1. The van der Waals surface area contributed by atoms with Crippen molar-refractivity contribution in [3.8, 4) is 11.3 Å². The Kier molecular flexibility index (Phi) is 4.92. The number of carbonyl (C=O) groups is 1. The number of rotatable bonds is 4. The van der Waals surface area contributed by atoms with Gasteiger partial charge in [0.2, 0.25) is 0 Å². The van der Waals surface area contributed by atoms with E-state index in [-0.39, 0.29) is 29.5 Å². The Morgan fingerprint density at radius 3 is 2.70 bits per heavy atom. The Bertz CT molecular complexity index is 681. The maximum atomic E-state index is 13.1. The standard InChI is InChI=1S/C15H15F3N2O3/c1-9(2)8-22-14(21)20-12-7-19-23-13(12)10-5-3-4-6-11(10)15(16,17)18/h3-7,9H,8H2,1-2H3,(H,20,21). The van der Waals surface area contributed by atoms with Crippen LogP contribution >= 0.6 is 0 Å². The number of nitrogens with zero attached hydrogens (tertiary/aromatic N) is 1. The lowest BCUT2D eigenvalue weighted by Gasteiger charge is -2.12. The fourth-order valence-electron chi connectivity index (χ4n) is 1.84. The zero-order chi connectivity index (χ0) is 17.0. The highest BCUT2D eigenvalue weighted by Gasteiger charge is 2.35. The van der Waals surface area contributed by atoms with E-state index in [1.165, 1.54) is 18.2 Å². The molecule has 0 bridgehead atoms. The van der Waals surface area contributed by atoms with Gasteiger partial charge in [-0.05, 0) is 12.0 Å². The third kappa shape index (κ3) is 4.24. The van der Waals surface area contributed by atoms with E-state index in [9.17, 15) is 18.0 Å². The molecule has 0 atom stereocenters. The van der Waals surface area contributed by atoms with Crippen LogP contribution in [0.25, 0.3) is 11.3 Å². The Balaban J connectivity index is 2.27. The van der Waals surface area contributed by atoms with Gasteiger partial charge in [-0.2, -0.15) is 13.2 Å². The summed E-state index contributed by atoms with van der Waals surface area (Å²) < 4.78 is 49.0. The zero-order valence-electron chi connectivity index (χ0n) is 12.5. The molecule has 124 valence electrons. The molecule has 0 aliphatic heterocycles. The van der Waals surface area contributed by atoms with Crippen molar-refractivity contribution in [3.63, 3.8) is 0 Å². The van der Waals surface area contributed by atoms with E-state index in [1.807, 2.05) is 13.8 Å². The first kappa shape index (κ1) is 16.9. The summed E-state index contributed by atoms with van der Waals surface area (Å²) in [5, 5.41) is 5.80. The minimum atomic E-state index is -4.56. The van der Waals surface area contributed by atoms with E-state index < -0.39 is 17.8 Å². The molecule has 2 rings (SSSR count). The average molecular weight is 328 g/mol. The average Bonchev–Trinajstić information content (AvgIpc) is 2.92. The Hall–Kier alpha value is -2.51. The molecule has 0 radical (unpaired) electrons. The summed E-state index contributed by atoms with van der Waals surface area (Å²) in [7, 11) is 0. The number of hydrogen-bond donors (Lipinski definition) is 1. The van der Waals surface area contributed by atoms with Crippen molar-refractivity contribution in [1.82, 2.24) is 5.16 Å². The number of amides is 1. The highest BCUT2D eigenvalue weighted by Crippen LogP contribution is 2.39. The van der Waals surface area contributed by atoms with Gasteiger partial charge in [0.05, 0.1) is 18.4 Å². The van der Waals surface area contributed by atoms with Crippen molar-refractivity contribution in [3.05, 3.63) is 36.0 Å². The second kappa shape index (κ2) is 6.72. The number of hydrogen-bond acceptors (Lipinski definition) is 4. The van der Waals surface area contributed by atoms with Gasteiger partial charge in [0, 0.05) is 5.56 Å². The molecule has 8 heteroatoms. The second-order valence-electron chi connectivity index (χ2n) is 5.23. The molecule has 1 aromatic heterocycles. The smallest absolute Gasteiger partial charge is 0.417 e. The SMILES string of the molecule is CC(C)COC(=O)Nc1cnoc1-c1ccccc1C(F)(F)F. The topological polar surface area (TPSA) is 64.4 Å². The number of ether oxygens (including phenoxy) is 1. The van der Waals surface area contributed by atoms with Crippen LogP contribution < -0.4 is 5.32 Å². The van der Waals surface area contributed by atoms with E-state index in [2.05, 4.69) is 10.5 Å². The summed E-state index contributed by atoms with van der Waals surface area (Å²) in [5.41, 5.74) is -1.08. The molecule has 0 fully saturated rings. The van der Waals surface area contributed by atoms with Gasteiger partial charge in [0.15, 0.2) is 5.76 Å². The normalized spacial score (nSPS) is 11.6. The van der Waals surface area contributed by atoms with Gasteiger partial charge in [0.1, 0.15) is 5.69 Å². The van der Waals surface area contributed by atoms with Gasteiger partial charge in [-0.15, -0.1) is 0 Å². The second-order valence-corrected chi connectivity index (χ2v) is 5.23. The van der Waals surface area contributed by atoms with Crippen molar-refractivity contribution < 1.29 is 27.2 Å². The van der Waals surface area contributed by atoms with Crippen LogP contribution in [0.3, 0.4) is 0 Å². The molecule has 1 aromatic carbocycles. The van der Waals surface area contributed by atoms with E-state index in [0.29, 0.717) is 0 Å². The molecule has 23 heavy (non-hydrogen) atoms. The minimum absolute atomic E-state index is 0.00968. The quantitative estimate of drug-likeness (QED) is 0.893. The lowest BCUT2D eigenvalue weighted by Crippen LogP contribution is -2.16. The largest absolute Gasteiger partial charge is 0.449 e. The van der Waals surface area contributed by atoms with Crippen LogP contribution in [0, 0.1) is 5.92 Å². The number of benzene rings is 1. The number of halogens is 3. The number of aromatic nitrogens is 1. The van der Waals surface area contributed by atoms with Crippen molar-refractivity contribution in [2.45, 2.75) is 20.0 Å². The summed E-state index contributed by atoms with van der Waals surface area (Å²) in [6.45, 7) is 3.90. The predicted molar refractivity (Wildman–Crippen MR) is 76.7 cm³/mol. The maximum absolute atomic E-state index is 13.1. The van der Waals surface area contributed by atoms with E-state index >= 15 is 0 Å². The third-order valence-electron chi connectivity index (χ3n) is 2.83.